The van der Waals surface area contributed by atoms with Crippen molar-refractivity contribution in [2.75, 3.05) is 11.9 Å². The van der Waals surface area contributed by atoms with E-state index in [2.05, 4.69) is 248 Å². The fourth-order valence-electron chi connectivity index (χ4n) is 9.45. The summed E-state index contributed by atoms with van der Waals surface area (Å²) in [7, 11) is 4.19. The number of rotatable bonds is 9. The van der Waals surface area contributed by atoms with E-state index in [4.69, 9.17) is 9.97 Å². The van der Waals surface area contributed by atoms with Gasteiger partial charge in [-0.25, -0.2) is 4.98 Å². The van der Waals surface area contributed by atoms with Crippen molar-refractivity contribution in [3.8, 4) is 61.8 Å². The molecule has 2 aromatic heterocycles. The lowest BCUT2D eigenvalue weighted by Gasteiger charge is -2.27. The molecule has 70 heavy (non-hydrogen) atoms. The van der Waals surface area contributed by atoms with Gasteiger partial charge in [0.25, 0.3) is 0 Å². The van der Waals surface area contributed by atoms with Gasteiger partial charge in [0, 0.05) is 53.9 Å². The first-order valence-electron chi connectivity index (χ1n) is 24.7. The predicted molar refractivity (Wildman–Crippen MR) is 300 cm³/mol. The lowest BCUT2D eigenvalue weighted by Crippen LogP contribution is -2.17. The fraction of sp³-hybridized carbons (Fsp3) is 0.292. The number of phenols is 1. The fourth-order valence-corrected chi connectivity index (χ4v) is 9.45. The smallest absolute Gasteiger partial charge is 0.144 e. The van der Waals surface area contributed by atoms with Crippen molar-refractivity contribution < 1.29 is 5.11 Å². The van der Waals surface area contributed by atoms with Crippen molar-refractivity contribution in [3.63, 3.8) is 0 Å². The molecule has 0 bridgehead atoms. The number of aryl methyl sites for hydroxylation is 1. The highest BCUT2D eigenvalue weighted by atomic mass is 16.3. The number of benzene rings is 6. The van der Waals surface area contributed by atoms with Crippen molar-refractivity contribution in [2.24, 2.45) is 7.05 Å². The summed E-state index contributed by atoms with van der Waals surface area (Å²) in [6.45, 7) is 33.3. The monoisotopic (exact) mass is 925 g/mol. The van der Waals surface area contributed by atoms with Crippen molar-refractivity contribution in [1.29, 1.82) is 0 Å². The average Bonchev–Trinajstić information content (AvgIpc) is 3.65. The Balaban J connectivity index is 1.44. The quantitative estimate of drug-likeness (QED) is 0.147. The second kappa shape index (κ2) is 18.4. The first kappa shape index (κ1) is 49.4. The Hall–Kier alpha value is -6.98. The Morgan fingerprint density at radius 2 is 1.16 bits per heavy atom. The van der Waals surface area contributed by atoms with E-state index in [-0.39, 0.29) is 27.4 Å². The maximum atomic E-state index is 12.3. The SMILES string of the molecule is C=C/C(=C(\C)N(C)c1ccccc1)c1ccnc(-c2cc(-c3cc(-c4cc(C(C)(C)C)ccc4-c4ccccc4)cc4c3nc(-c3cc(C(C)(C)C)cc(C(C)(C)C)c3O)n4C)cc(C(C)(C)C)c2)c1. The summed E-state index contributed by atoms with van der Waals surface area (Å²) in [5.74, 6) is 0.987. The number of fused-ring (bicyclic) bond motifs is 1. The van der Waals surface area contributed by atoms with Crippen molar-refractivity contribution in [2.45, 2.75) is 112 Å². The number of pyridine rings is 1. The van der Waals surface area contributed by atoms with Crippen LogP contribution in [-0.2, 0) is 28.7 Å². The highest BCUT2D eigenvalue weighted by Crippen LogP contribution is 2.46. The number of aromatic nitrogens is 3. The molecule has 0 aliphatic carbocycles. The van der Waals surface area contributed by atoms with Crippen LogP contribution in [0.25, 0.3) is 72.6 Å². The number of imidazole rings is 1. The van der Waals surface area contributed by atoms with Crippen LogP contribution in [0.2, 0.25) is 0 Å². The summed E-state index contributed by atoms with van der Waals surface area (Å²) in [6, 6.07) is 48.2. The number of para-hydroxylation sites is 1. The lowest BCUT2D eigenvalue weighted by molar-refractivity contribution is 0.446. The number of aromatic hydroxyl groups is 1. The Labute approximate surface area is 418 Å². The molecule has 6 aromatic carbocycles. The van der Waals surface area contributed by atoms with Gasteiger partial charge in [-0.3, -0.25) is 4.98 Å². The first-order valence-corrected chi connectivity index (χ1v) is 24.7. The number of nitrogens with zero attached hydrogens (tertiary/aromatic N) is 4. The van der Waals surface area contributed by atoms with Gasteiger partial charge in [0.2, 0.25) is 0 Å². The molecular formula is C65H72N4O. The van der Waals surface area contributed by atoms with Crippen LogP contribution in [0.15, 0.2) is 158 Å². The second-order valence-corrected chi connectivity index (χ2v) is 23.3. The molecule has 0 saturated heterocycles. The highest BCUT2D eigenvalue weighted by molar-refractivity contribution is 6.01. The molecular weight excluding hydrogens is 853 g/mol. The molecule has 1 N–H and O–H groups in total. The molecule has 0 aliphatic heterocycles. The van der Waals surface area contributed by atoms with Gasteiger partial charge in [-0.2, -0.15) is 0 Å². The molecule has 0 spiro atoms. The van der Waals surface area contributed by atoms with Crippen LogP contribution < -0.4 is 4.90 Å². The number of hydrogen-bond acceptors (Lipinski definition) is 4. The van der Waals surface area contributed by atoms with E-state index < -0.39 is 0 Å². The molecule has 5 heteroatoms. The minimum atomic E-state index is -0.303. The van der Waals surface area contributed by atoms with Gasteiger partial charge >= 0.3 is 0 Å². The van der Waals surface area contributed by atoms with E-state index in [0.29, 0.717) is 0 Å². The predicted octanol–water partition coefficient (Wildman–Crippen LogP) is 17.3. The van der Waals surface area contributed by atoms with Crippen molar-refractivity contribution in [3.05, 3.63) is 186 Å². The molecule has 0 saturated carbocycles. The summed E-state index contributed by atoms with van der Waals surface area (Å²) < 4.78 is 2.18. The summed E-state index contributed by atoms with van der Waals surface area (Å²) in [5.41, 5.74) is 19.1. The van der Waals surface area contributed by atoms with Crippen molar-refractivity contribution in [1.82, 2.24) is 14.5 Å². The maximum absolute atomic E-state index is 12.3. The molecule has 0 atom stereocenters. The normalized spacial score (nSPS) is 12.8. The third kappa shape index (κ3) is 9.77. The maximum Gasteiger partial charge on any atom is 0.144 e. The zero-order valence-corrected chi connectivity index (χ0v) is 44.3. The van der Waals surface area contributed by atoms with Gasteiger partial charge in [0.1, 0.15) is 11.6 Å². The largest absolute Gasteiger partial charge is 0.507 e. The Kier molecular flexibility index (Phi) is 13.0. The van der Waals surface area contributed by atoms with Crippen LogP contribution >= 0.6 is 0 Å². The third-order valence-electron chi connectivity index (χ3n) is 14.0. The lowest BCUT2D eigenvalue weighted by atomic mass is 9.79. The molecule has 0 aliphatic rings. The topological polar surface area (TPSA) is 54.2 Å². The number of phenolic OH excluding ortho intramolecular Hbond substituents is 1. The summed E-state index contributed by atoms with van der Waals surface area (Å²) in [6.07, 6.45) is 3.86. The van der Waals surface area contributed by atoms with E-state index >= 15 is 0 Å². The van der Waals surface area contributed by atoms with Crippen LogP contribution in [0.3, 0.4) is 0 Å². The van der Waals surface area contributed by atoms with Gasteiger partial charge in [-0.15, -0.1) is 0 Å². The standard InChI is InChI=1S/C65H72N4O/c1-17-51(41(2)68(15)50-26-22-19-23-27-50)43-30-31-66-57(36-43)46-32-44(33-48(34-46)63(6,7)8)54-35-45(53-38-47(62(3,4)5)28-29-52(53)42-24-20-18-21-25-42)37-58-59(54)67-61(69(58)16)55-39-49(64(9,10)11)40-56(60(55)70)65(12,13)14/h17-40,70H,1H2,2-16H3/b51-41-. The molecule has 0 amide bonds. The molecule has 8 aromatic rings. The van der Waals surface area contributed by atoms with Crippen LogP contribution in [0, 0.1) is 0 Å². The van der Waals surface area contributed by atoms with E-state index in [1.807, 2.05) is 18.3 Å². The molecule has 0 fully saturated rings. The summed E-state index contributed by atoms with van der Waals surface area (Å²) in [5, 5.41) is 12.3. The minimum Gasteiger partial charge on any atom is -0.507 e. The van der Waals surface area contributed by atoms with Gasteiger partial charge in [0.15, 0.2) is 0 Å². The molecule has 8 rings (SSSR count). The average molecular weight is 925 g/mol. The number of allylic oxidation sites excluding steroid dienone is 3. The van der Waals surface area contributed by atoms with E-state index in [1.165, 1.54) is 11.1 Å². The van der Waals surface area contributed by atoms with Gasteiger partial charge in [0.05, 0.1) is 22.3 Å². The molecule has 2 heterocycles. The summed E-state index contributed by atoms with van der Waals surface area (Å²) in [4.78, 5) is 12.9. The van der Waals surface area contributed by atoms with Crippen LogP contribution in [0.4, 0.5) is 5.69 Å². The summed E-state index contributed by atoms with van der Waals surface area (Å²) >= 11 is 0. The van der Waals surface area contributed by atoms with Gasteiger partial charge < -0.3 is 14.6 Å². The highest BCUT2D eigenvalue weighted by Gasteiger charge is 2.29. The Morgan fingerprint density at radius 3 is 1.77 bits per heavy atom. The van der Waals surface area contributed by atoms with Crippen LogP contribution in [0.1, 0.15) is 118 Å². The van der Waals surface area contributed by atoms with E-state index in [1.54, 1.807) is 0 Å². The van der Waals surface area contributed by atoms with E-state index in [9.17, 15) is 5.11 Å². The molecule has 0 radical (unpaired) electrons. The molecule has 358 valence electrons. The van der Waals surface area contributed by atoms with Crippen LogP contribution in [0.5, 0.6) is 5.75 Å². The molecule has 0 unspecified atom stereocenters. The first-order chi connectivity index (χ1) is 32.8. The van der Waals surface area contributed by atoms with Crippen LogP contribution in [-0.4, -0.2) is 26.7 Å². The Bertz CT molecular complexity index is 3290. The minimum absolute atomic E-state index is 0.0788. The van der Waals surface area contributed by atoms with Crippen molar-refractivity contribution >= 4 is 22.3 Å². The second-order valence-electron chi connectivity index (χ2n) is 23.3. The number of hydrogen-bond donors (Lipinski definition) is 1. The zero-order valence-electron chi connectivity index (χ0n) is 44.3. The van der Waals surface area contributed by atoms with Gasteiger partial charge in [-0.05, 0) is 139 Å². The van der Waals surface area contributed by atoms with Gasteiger partial charge in [-0.1, -0.05) is 169 Å². The Morgan fingerprint density at radius 1 is 0.571 bits per heavy atom. The third-order valence-corrected chi connectivity index (χ3v) is 14.0. The molecule has 5 nitrogen and oxygen atoms in total. The van der Waals surface area contributed by atoms with E-state index in [0.717, 1.165) is 101 Å². The number of anilines is 1. The zero-order chi connectivity index (χ0) is 50.7.